The standard InChI is InChI=1S/C20H20O5/c1-3-24-19(22)16-12-8-11-15(13-16)17(20(23)25-4-2)18(21)14-9-6-5-7-10-14/h5-13,17H,3-4H2,1-2H3. The van der Waals surface area contributed by atoms with Crippen molar-refractivity contribution in [2.75, 3.05) is 13.2 Å². The van der Waals surface area contributed by atoms with E-state index in [0.29, 0.717) is 11.1 Å². The summed E-state index contributed by atoms with van der Waals surface area (Å²) in [6.07, 6.45) is 0. The Hall–Kier alpha value is -2.95. The average molecular weight is 340 g/mol. The van der Waals surface area contributed by atoms with E-state index in [-0.39, 0.29) is 24.6 Å². The Morgan fingerprint density at radius 1 is 0.840 bits per heavy atom. The minimum atomic E-state index is -1.13. The van der Waals surface area contributed by atoms with E-state index >= 15 is 0 Å². The second-order valence-electron chi connectivity index (χ2n) is 5.26. The summed E-state index contributed by atoms with van der Waals surface area (Å²) in [6, 6.07) is 14.9. The molecule has 2 aromatic rings. The van der Waals surface area contributed by atoms with Gasteiger partial charge < -0.3 is 9.47 Å². The highest BCUT2D eigenvalue weighted by atomic mass is 16.5. The number of hydrogen-bond donors (Lipinski definition) is 0. The molecule has 130 valence electrons. The zero-order valence-electron chi connectivity index (χ0n) is 14.2. The van der Waals surface area contributed by atoms with Crippen molar-refractivity contribution < 1.29 is 23.9 Å². The van der Waals surface area contributed by atoms with Gasteiger partial charge in [-0.25, -0.2) is 4.79 Å². The van der Waals surface area contributed by atoms with Crippen LogP contribution in [0.1, 0.15) is 46.0 Å². The largest absolute Gasteiger partial charge is 0.465 e. The summed E-state index contributed by atoms with van der Waals surface area (Å²) in [5.74, 6) is -2.65. The van der Waals surface area contributed by atoms with Crippen molar-refractivity contribution in [3.63, 3.8) is 0 Å². The summed E-state index contributed by atoms with van der Waals surface area (Å²) in [5.41, 5.74) is 1.09. The number of hydrogen-bond acceptors (Lipinski definition) is 5. The molecular weight excluding hydrogens is 320 g/mol. The molecule has 25 heavy (non-hydrogen) atoms. The molecule has 0 bridgehead atoms. The number of ether oxygens (including phenoxy) is 2. The van der Waals surface area contributed by atoms with Crippen molar-refractivity contribution in [3.05, 3.63) is 71.3 Å². The van der Waals surface area contributed by atoms with Crippen molar-refractivity contribution in [3.8, 4) is 0 Å². The van der Waals surface area contributed by atoms with Crippen LogP contribution in [0.4, 0.5) is 0 Å². The Balaban J connectivity index is 2.42. The van der Waals surface area contributed by atoms with Crippen LogP contribution in [0.3, 0.4) is 0 Å². The molecule has 0 saturated heterocycles. The minimum absolute atomic E-state index is 0.162. The number of benzene rings is 2. The van der Waals surface area contributed by atoms with Crippen LogP contribution in [-0.4, -0.2) is 30.9 Å². The van der Waals surface area contributed by atoms with Gasteiger partial charge in [-0.15, -0.1) is 0 Å². The summed E-state index contributed by atoms with van der Waals surface area (Å²) < 4.78 is 10.0. The molecule has 0 aliphatic heterocycles. The predicted octanol–water partition coefficient (Wildman–Crippen LogP) is 3.39. The summed E-state index contributed by atoms with van der Waals surface area (Å²) in [6.45, 7) is 3.79. The maximum absolute atomic E-state index is 12.9. The maximum atomic E-state index is 12.9. The van der Waals surface area contributed by atoms with E-state index in [1.54, 1.807) is 62.4 Å². The zero-order chi connectivity index (χ0) is 18.2. The molecule has 0 saturated carbocycles. The molecule has 2 aromatic carbocycles. The van der Waals surface area contributed by atoms with Crippen LogP contribution in [0.15, 0.2) is 54.6 Å². The van der Waals surface area contributed by atoms with E-state index in [1.807, 2.05) is 0 Å². The molecule has 5 nitrogen and oxygen atoms in total. The molecule has 0 amide bonds. The molecule has 5 heteroatoms. The topological polar surface area (TPSA) is 69.7 Å². The molecule has 0 aromatic heterocycles. The van der Waals surface area contributed by atoms with Crippen LogP contribution >= 0.6 is 0 Å². The second-order valence-corrected chi connectivity index (χ2v) is 5.26. The first-order valence-electron chi connectivity index (χ1n) is 8.11. The first-order valence-corrected chi connectivity index (χ1v) is 8.11. The summed E-state index contributed by atoms with van der Waals surface area (Å²) >= 11 is 0. The second kappa shape index (κ2) is 8.78. The summed E-state index contributed by atoms with van der Waals surface area (Å²) in [5, 5.41) is 0. The fourth-order valence-electron chi connectivity index (χ4n) is 2.45. The molecule has 0 spiro atoms. The third-order valence-electron chi connectivity index (χ3n) is 3.57. The van der Waals surface area contributed by atoms with Crippen LogP contribution in [0, 0.1) is 0 Å². The van der Waals surface area contributed by atoms with E-state index < -0.39 is 17.9 Å². The number of esters is 2. The minimum Gasteiger partial charge on any atom is -0.465 e. The first-order chi connectivity index (χ1) is 12.1. The zero-order valence-corrected chi connectivity index (χ0v) is 14.2. The van der Waals surface area contributed by atoms with Gasteiger partial charge in [-0.1, -0.05) is 42.5 Å². The molecule has 0 N–H and O–H groups in total. The van der Waals surface area contributed by atoms with Gasteiger partial charge in [-0.3, -0.25) is 9.59 Å². The van der Waals surface area contributed by atoms with E-state index in [2.05, 4.69) is 0 Å². The van der Waals surface area contributed by atoms with Gasteiger partial charge in [0, 0.05) is 5.56 Å². The Morgan fingerprint density at radius 2 is 1.48 bits per heavy atom. The fraction of sp³-hybridized carbons (Fsp3) is 0.250. The third kappa shape index (κ3) is 4.53. The molecule has 0 radical (unpaired) electrons. The van der Waals surface area contributed by atoms with Crippen molar-refractivity contribution in [2.24, 2.45) is 0 Å². The number of ketones is 1. The van der Waals surface area contributed by atoms with Crippen molar-refractivity contribution in [1.29, 1.82) is 0 Å². The Labute approximate surface area is 146 Å². The average Bonchev–Trinajstić information content (AvgIpc) is 2.63. The molecule has 0 aliphatic rings. The number of Topliss-reactive ketones (excluding diaryl/α,β-unsaturated/α-hetero) is 1. The van der Waals surface area contributed by atoms with Gasteiger partial charge in [0.1, 0.15) is 5.92 Å². The fourth-order valence-corrected chi connectivity index (χ4v) is 2.45. The quantitative estimate of drug-likeness (QED) is 0.439. The van der Waals surface area contributed by atoms with E-state index in [9.17, 15) is 14.4 Å². The van der Waals surface area contributed by atoms with Crippen molar-refractivity contribution in [2.45, 2.75) is 19.8 Å². The highest BCUT2D eigenvalue weighted by Crippen LogP contribution is 2.24. The Morgan fingerprint density at radius 3 is 2.12 bits per heavy atom. The molecule has 0 aliphatic carbocycles. The lowest BCUT2D eigenvalue weighted by Gasteiger charge is -2.16. The van der Waals surface area contributed by atoms with Crippen LogP contribution in [0.5, 0.6) is 0 Å². The highest BCUT2D eigenvalue weighted by molar-refractivity contribution is 6.13. The van der Waals surface area contributed by atoms with E-state index in [1.165, 1.54) is 6.07 Å². The van der Waals surface area contributed by atoms with Gasteiger partial charge in [0.2, 0.25) is 0 Å². The van der Waals surface area contributed by atoms with Gasteiger partial charge in [0.05, 0.1) is 18.8 Å². The SMILES string of the molecule is CCOC(=O)c1cccc(C(C(=O)OCC)C(=O)c2ccccc2)c1. The molecule has 2 rings (SSSR count). The van der Waals surface area contributed by atoms with Crippen molar-refractivity contribution >= 4 is 17.7 Å². The molecule has 1 atom stereocenters. The molecular formula is C20H20O5. The van der Waals surface area contributed by atoms with Crippen molar-refractivity contribution in [1.82, 2.24) is 0 Å². The van der Waals surface area contributed by atoms with Crippen LogP contribution in [0.2, 0.25) is 0 Å². The van der Waals surface area contributed by atoms with Gasteiger partial charge in [0.15, 0.2) is 5.78 Å². The first kappa shape index (κ1) is 18.4. The van der Waals surface area contributed by atoms with Crippen LogP contribution in [0.25, 0.3) is 0 Å². The predicted molar refractivity (Wildman–Crippen MR) is 92.5 cm³/mol. The normalized spacial score (nSPS) is 11.4. The van der Waals surface area contributed by atoms with Crippen LogP contribution < -0.4 is 0 Å². The lowest BCUT2D eigenvalue weighted by atomic mass is 9.89. The van der Waals surface area contributed by atoms with Gasteiger partial charge >= 0.3 is 11.9 Å². The maximum Gasteiger partial charge on any atom is 0.338 e. The summed E-state index contributed by atoms with van der Waals surface area (Å²) in [7, 11) is 0. The highest BCUT2D eigenvalue weighted by Gasteiger charge is 2.31. The number of carbonyl (C=O) groups excluding carboxylic acids is 3. The van der Waals surface area contributed by atoms with E-state index in [4.69, 9.17) is 9.47 Å². The lowest BCUT2D eigenvalue weighted by Crippen LogP contribution is -2.24. The molecule has 0 heterocycles. The number of carbonyl (C=O) groups is 3. The van der Waals surface area contributed by atoms with Gasteiger partial charge in [-0.05, 0) is 31.5 Å². The number of rotatable bonds is 7. The van der Waals surface area contributed by atoms with E-state index in [0.717, 1.165) is 0 Å². The van der Waals surface area contributed by atoms with Crippen LogP contribution in [-0.2, 0) is 14.3 Å². The summed E-state index contributed by atoms with van der Waals surface area (Å²) in [4.78, 5) is 37.2. The van der Waals surface area contributed by atoms with Gasteiger partial charge in [0.25, 0.3) is 0 Å². The monoisotopic (exact) mass is 340 g/mol. The molecule has 1 unspecified atom stereocenters. The Bertz CT molecular complexity index is 752. The Kier molecular flexibility index (Phi) is 6.46. The van der Waals surface area contributed by atoms with Gasteiger partial charge in [-0.2, -0.15) is 0 Å². The molecule has 0 fully saturated rings. The lowest BCUT2D eigenvalue weighted by molar-refractivity contribution is -0.143. The third-order valence-corrected chi connectivity index (χ3v) is 3.57. The smallest absolute Gasteiger partial charge is 0.338 e.